The zero-order valence-electron chi connectivity index (χ0n) is 18.9. The molecule has 182 valence electrons. The molecule has 10 nitrogen and oxygen atoms in total. The van der Waals surface area contributed by atoms with E-state index in [1.54, 1.807) is 30.3 Å². The summed E-state index contributed by atoms with van der Waals surface area (Å²) < 4.78 is 6.39. The molecule has 0 saturated heterocycles. The van der Waals surface area contributed by atoms with Gasteiger partial charge in [-0.2, -0.15) is 20.5 Å². The zero-order valence-corrected chi connectivity index (χ0v) is 20.4. The second-order valence-corrected chi connectivity index (χ2v) is 8.78. The minimum atomic E-state index is -0.940. The Bertz CT molecular complexity index is 2000. The zero-order chi connectivity index (χ0) is 27.1. The lowest BCUT2D eigenvalue weighted by Crippen LogP contribution is -2.31. The number of fused-ring (bicyclic) bond motifs is 2. The van der Waals surface area contributed by atoms with Crippen LogP contribution in [0.5, 0.6) is 0 Å². The van der Waals surface area contributed by atoms with E-state index in [-0.39, 0.29) is 55.6 Å². The molecule has 0 unspecified atom stereocenters. The molecule has 0 saturated carbocycles. The second kappa shape index (κ2) is 9.27. The molecule has 1 aliphatic heterocycles. The third-order valence-electron chi connectivity index (χ3n) is 5.78. The molecule has 0 spiro atoms. The highest BCUT2D eigenvalue weighted by Crippen LogP contribution is 2.34. The smallest absolute Gasteiger partial charge is 0.289 e. The predicted octanol–water partition coefficient (Wildman–Crippen LogP) is 4.15. The number of rotatable bonds is 2. The van der Waals surface area contributed by atoms with Crippen molar-refractivity contribution in [3.8, 4) is 29.3 Å². The summed E-state index contributed by atoms with van der Waals surface area (Å²) in [6, 6.07) is 16.3. The molecule has 3 N–H and O–H groups in total. The number of hydrogen-bond donors (Lipinski definition) is 2. The molecule has 0 bridgehead atoms. The Morgan fingerprint density at radius 2 is 1.63 bits per heavy atom. The summed E-state index contributed by atoms with van der Waals surface area (Å²) in [5.41, 5.74) is 6.60. The van der Waals surface area contributed by atoms with Crippen LogP contribution in [0.25, 0.3) is 27.8 Å². The summed E-state index contributed by atoms with van der Waals surface area (Å²) in [6.45, 7) is 0. The van der Waals surface area contributed by atoms with Crippen molar-refractivity contribution >= 4 is 51.5 Å². The number of aliphatic imine (C=N–C) groups is 1. The van der Waals surface area contributed by atoms with Gasteiger partial charge in [0.25, 0.3) is 5.56 Å². The van der Waals surface area contributed by atoms with Crippen molar-refractivity contribution in [1.82, 2.24) is 4.68 Å². The van der Waals surface area contributed by atoms with E-state index in [9.17, 15) is 25.4 Å². The van der Waals surface area contributed by atoms with Gasteiger partial charge in [-0.25, -0.2) is 4.99 Å². The number of hydrogen-bond acceptors (Lipinski definition) is 9. The number of benzene rings is 2. The topological polar surface area (TPSA) is 174 Å². The van der Waals surface area contributed by atoms with Crippen LogP contribution in [-0.4, -0.2) is 10.5 Å². The van der Waals surface area contributed by atoms with Crippen LogP contribution in [0.2, 0.25) is 10.0 Å². The van der Waals surface area contributed by atoms with Crippen molar-refractivity contribution in [3.05, 3.63) is 102 Å². The summed E-state index contributed by atoms with van der Waals surface area (Å²) in [5, 5.41) is 30.7. The van der Waals surface area contributed by atoms with Crippen LogP contribution in [0.15, 0.2) is 73.3 Å². The lowest BCUT2D eigenvalue weighted by atomic mass is 9.96. The van der Waals surface area contributed by atoms with Crippen molar-refractivity contribution in [1.29, 1.82) is 15.8 Å². The molecular formula is C26H11Cl2N7O3. The largest absolute Gasteiger partial charge is 0.463 e. The normalized spacial score (nSPS) is 12.4. The van der Waals surface area contributed by atoms with Crippen LogP contribution in [-0.2, 0) is 0 Å². The van der Waals surface area contributed by atoms with E-state index in [1.807, 2.05) is 12.1 Å². The third-order valence-corrected chi connectivity index (χ3v) is 6.27. The molecule has 38 heavy (non-hydrogen) atoms. The van der Waals surface area contributed by atoms with E-state index in [4.69, 9.17) is 33.4 Å². The van der Waals surface area contributed by atoms with E-state index in [0.717, 1.165) is 10.9 Å². The number of pyridine rings is 1. The lowest BCUT2D eigenvalue weighted by molar-refractivity contribution is 0.604. The van der Waals surface area contributed by atoms with E-state index in [1.165, 1.54) is 18.2 Å². The number of aromatic nitrogens is 1. The van der Waals surface area contributed by atoms with Gasteiger partial charge in [0.05, 0.1) is 16.6 Å². The maximum absolute atomic E-state index is 13.6. The Balaban J connectivity index is 1.86. The number of halogens is 2. The van der Waals surface area contributed by atoms with Crippen LogP contribution in [0.4, 0.5) is 5.82 Å². The first-order chi connectivity index (χ1) is 18.3. The molecule has 2 aromatic carbocycles. The Morgan fingerprint density at radius 3 is 2.29 bits per heavy atom. The molecule has 5 rings (SSSR count). The summed E-state index contributed by atoms with van der Waals surface area (Å²) in [7, 11) is 0. The minimum absolute atomic E-state index is 0.0809. The summed E-state index contributed by atoms with van der Waals surface area (Å²) in [5.74, 6) is -0.619. The second-order valence-electron chi connectivity index (χ2n) is 7.91. The van der Waals surface area contributed by atoms with Gasteiger partial charge in [-0.1, -0.05) is 35.3 Å². The maximum Gasteiger partial charge on any atom is 0.289 e. The molecule has 0 amide bonds. The monoisotopic (exact) mass is 539 g/mol. The van der Waals surface area contributed by atoms with E-state index in [2.05, 4.69) is 10.4 Å². The molecule has 1 aliphatic rings. The SMILES string of the molecule is N#CC1=C(c2ccc(Cl)cc2)Nn2c(c(C#N)c(-c3coc4ccc(Cl)cc4c3=O)c(C#N)c2=O)N=C1N. The molecule has 0 radical (unpaired) electrons. The van der Waals surface area contributed by atoms with E-state index >= 15 is 0 Å². The van der Waals surface area contributed by atoms with Crippen LogP contribution in [0.3, 0.4) is 0 Å². The predicted molar refractivity (Wildman–Crippen MR) is 141 cm³/mol. The fourth-order valence-corrected chi connectivity index (χ4v) is 4.33. The van der Waals surface area contributed by atoms with Crippen LogP contribution >= 0.6 is 23.2 Å². The van der Waals surface area contributed by atoms with E-state index in [0.29, 0.717) is 10.6 Å². The van der Waals surface area contributed by atoms with Gasteiger partial charge in [-0.3, -0.25) is 15.0 Å². The van der Waals surface area contributed by atoms with Crippen molar-refractivity contribution in [2.75, 3.05) is 5.43 Å². The minimum Gasteiger partial charge on any atom is -0.463 e. The van der Waals surface area contributed by atoms with Gasteiger partial charge in [0.1, 0.15) is 52.6 Å². The molecular weight excluding hydrogens is 529 g/mol. The highest BCUT2D eigenvalue weighted by molar-refractivity contribution is 6.31. The summed E-state index contributed by atoms with van der Waals surface area (Å²) in [6.07, 6.45) is 1.06. The fourth-order valence-electron chi connectivity index (χ4n) is 4.03. The Morgan fingerprint density at radius 1 is 0.947 bits per heavy atom. The van der Waals surface area contributed by atoms with Gasteiger partial charge in [0, 0.05) is 21.2 Å². The molecule has 0 aliphatic carbocycles. The maximum atomic E-state index is 13.6. The summed E-state index contributed by atoms with van der Waals surface area (Å²) in [4.78, 5) is 31.2. The third kappa shape index (κ3) is 3.76. The Labute approximate surface area is 223 Å². The van der Waals surface area contributed by atoms with Crippen molar-refractivity contribution in [2.45, 2.75) is 0 Å². The van der Waals surface area contributed by atoms with Gasteiger partial charge in [-0.05, 0) is 30.3 Å². The number of nitrogens with one attached hydrogen (secondary N) is 1. The first kappa shape index (κ1) is 24.4. The highest BCUT2D eigenvalue weighted by atomic mass is 35.5. The van der Waals surface area contributed by atoms with Gasteiger partial charge in [0.2, 0.25) is 5.43 Å². The molecule has 0 atom stereocenters. The van der Waals surface area contributed by atoms with Crippen molar-refractivity contribution < 1.29 is 4.42 Å². The number of nitrogens with two attached hydrogens (primary N) is 1. The first-order valence-corrected chi connectivity index (χ1v) is 11.4. The molecule has 4 aromatic rings. The standard InChI is InChI=1S/C26H11Cl2N7O3/c27-13-3-1-12(2-4-13)22-18(10-31)24(32)33-25-16(8-29)21(17(9-30)26(37)35(25)34-22)19-11-38-20-6-5-14(28)7-15(20)23(19)36/h1-7,11,34H,(H2,32,33). The van der Waals surface area contributed by atoms with Crippen LogP contribution in [0, 0.1) is 34.0 Å². The first-order valence-electron chi connectivity index (χ1n) is 10.7. The quantitative estimate of drug-likeness (QED) is 0.381. The van der Waals surface area contributed by atoms with Gasteiger partial charge in [-0.15, -0.1) is 0 Å². The number of nitriles is 3. The summed E-state index contributed by atoms with van der Waals surface area (Å²) >= 11 is 12.0. The molecule has 3 heterocycles. The Hall–Kier alpha value is -5.34. The number of nitrogens with zero attached hydrogens (tertiary/aromatic N) is 5. The Kier molecular flexibility index (Phi) is 5.94. The van der Waals surface area contributed by atoms with Gasteiger partial charge >= 0.3 is 0 Å². The van der Waals surface area contributed by atoms with Crippen LogP contribution in [0.1, 0.15) is 16.7 Å². The highest BCUT2D eigenvalue weighted by Gasteiger charge is 2.29. The van der Waals surface area contributed by atoms with Crippen molar-refractivity contribution in [2.24, 2.45) is 10.7 Å². The van der Waals surface area contributed by atoms with Gasteiger partial charge in [0.15, 0.2) is 5.82 Å². The molecule has 2 aromatic heterocycles. The average molecular weight is 540 g/mol. The molecule has 0 fully saturated rings. The number of amidine groups is 1. The molecule has 12 heteroatoms. The lowest BCUT2D eigenvalue weighted by Gasteiger charge is -2.17. The van der Waals surface area contributed by atoms with Crippen molar-refractivity contribution in [3.63, 3.8) is 0 Å². The van der Waals surface area contributed by atoms with Gasteiger partial charge < -0.3 is 10.2 Å². The average Bonchev–Trinajstić information content (AvgIpc) is 3.06. The van der Waals surface area contributed by atoms with E-state index < -0.39 is 16.6 Å². The van der Waals surface area contributed by atoms with Crippen LogP contribution < -0.4 is 22.1 Å². The fraction of sp³-hybridized carbons (Fsp3) is 0.